The number of aryl methyl sites for hydroxylation is 2. The fraction of sp³-hybridized carbons (Fsp3) is 0.263. The summed E-state index contributed by atoms with van der Waals surface area (Å²) in [5, 5.41) is 5.67. The number of carbonyl (C=O) groups is 2. The zero-order valence-corrected chi connectivity index (χ0v) is 15.8. The van der Waals surface area contributed by atoms with E-state index in [1.807, 2.05) is 56.3 Å². The summed E-state index contributed by atoms with van der Waals surface area (Å²) in [5.74, 6) is -0.692. The fourth-order valence-corrected chi connectivity index (χ4v) is 2.62. The zero-order chi connectivity index (χ0) is 17.9. The maximum Gasteiger partial charge on any atom is 0.239 e. The second kappa shape index (κ2) is 7.18. The van der Waals surface area contributed by atoms with Crippen LogP contribution in [0.3, 0.4) is 0 Å². The summed E-state index contributed by atoms with van der Waals surface area (Å²) in [6, 6.07) is 13.1. The molecule has 24 heavy (non-hydrogen) atoms. The molecule has 2 N–H and O–H groups in total. The Hall–Kier alpha value is -2.14. The molecule has 0 saturated carbocycles. The van der Waals surface area contributed by atoms with Gasteiger partial charge in [0.15, 0.2) is 0 Å². The van der Waals surface area contributed by atoms with Crippen molar-refractivity contribution < 1.29 is 9.59 Å². The van der Waals surface area contributed by atoms with Crippen molar-refractivity contribution in [3.63, 3.8) is 0 Å². The highest BCUT2D eigenvalue weighted by molar-refractivity contribution is 9.10. The van der Waals surface area contributed by atoms with Gasteiger partial charge in [0.1, 0.15) is 5.41 Å². The quantitative estimate of drug-likeness (QED) is 0.747. The van der Waals surface area contributed by atoms with E-state index in [0.717, 1.165) is 15.6 Å². The molecule has 0 atom stereocenters. The van der Waals surface area contributed by atoms with E-state index in [-0.39, 0.29) is 11.8 Å². The normalized spacial score (nSPS) is 11.0. The Bertz CT molecular complexity index is 785. The zero-order valence-electron chi connectivity index (χ0n) is 14.2. The lowest BCUT2D eigenvalue weighted by molar-refractivity contribution is -0.135. The highest BCUT2D eigenvalue weighted by Crippen LogP contribution is 2.25. The monoisotopic (exact) mass is 388 g/mol. The Morgan fingerprint density at radius 2 is 1.42 bits per heavy atom. The number of halogens is 1. The molecular weight excluding hydrogens is 368 g/mol. The fourth-order valence-electron chi connectivity index (χ4n) is 2.14. The van der Waals surface area contributed by atoms with Gasteiger partial charge in [0.25, 0.3) is 0 Å². The maximum absolute atomic E-state index is 12.6. The number of amides is 2. The van der Waals surface area contributed by atoms with Gasteiger partial charge in [-0.3, -0.25) is 9.59 Å². The summed E-state index contributed by atoms with van der Waals surface area (Å²) in [4.78, 5) is 25.2. The van der Waals surface area contributed by atoms with E-state index in [9.17, 15) is 9.59 Å². The topological polar surface area (TPSA) is 58.2 Å². The van der Waals surface area contributed by atoms with E-state index in [1.54, 1.807) is 13.8 Å². The van der Waals surface area contributed by atoms with Crippen LogP contribution in [0.15, 0.2) is 46.9 Å². The van der Waals surface area contributed by atoms with Crippen LogP contribution < -0.4 is 10.6 Å². The van der Waals surface area contributed by atoms with Crippen molar-refractivity contribution in [3.8, 4) is 0 Å². The van der Waals surface area contributed by atoms with E-state index in [2.05, 4.69) is 26.6 Å². The number of rotatable bonds is 4. The lowest BCUT2D eigenvalue weighted by Crippen LogP contribution is -2.41. The lowest BCUT2D eigenvalue weighted by Gasteiger charge is -2.23. The van der Waals surface area contributed by atoms with Crippen LogP contribution in [0.5, 0.6) is 0 Å². The molecule has 2 rings (SSSR count). The molecule has 2 aromatic rings. The number of nitrogens with one attached hydrogen (secondary N) is 2. The molecule has 0 aliphatic heterocycles. The van der Waals surface area contributed by atoms with E-state index in [0.29, 0.717) is 11.4 Å². The first-order chi connectivity index (χ1) is 11.2. The SMILES string of the molecule is Cc1ccccc1NC(=O)C(C)(C)C(=O)Nc1ccc(Br)cc1C. The van der Waals surface area contributed by atoms with Gasteiger partial charge in [-0.15, -0.1) is 0 Å². The Labute approximate surface area is 150 Å². The van der Waals surface area contributed by atoms with Crippen LogP contribution in [0.1, 0.15) is 25.0 Å². The van der Waals surface area contributed by atoms with Gasteiger partial charge in [-0.2, -0.15) is 0 Å². The summed E-state index contributed by atoms with van der Waals surface area (Å²) in [6.07, 6.45) is 0. The van der Waals surface area contributed by atoms with Crippen LogP contribution >= 0.6 is 15.9 Å². The van der Waals surface area contributed by atoms with Crippen molar-refractivity contribution in [2.45, 2.75) is 27.7 Å². The lowest BCUT2D eigenvalue weighted by atomic mass is 9.90. The minimum Gasteiger partial charge on any atom is -0.325 e. The van der Waals surface area contributed by atoms with Gasteiger partial charge < -0.3 is 10.6 Å². The molecule has 0 aromatic heterocycles. The van der Waals surface area contributed by atoms with Gasteiger partial charge in [-0.05, 0) is 63.1 Å². The van der Waals surface area contributed by atoms with Crippen molar-refractivity contribution in [3.05, 3.63) is 58.1 Å². The highest BCUT2D eigenvalue weighted by atomic mass is 79.9. The molecule has 2 amide bonds. The largest absolute Gasteiger partial charge is 0.325 e. The maximum atomic E-state index is 12.6. The van der Waals surface area contributed by atoms with Crippen molar-refractivity contribution in [1.82, 2.24) is 0 Å². The molecule has 0 fully saturated rings. The van der Waals surface area contributed by atoms with Crippen molar-refractivity contribution in [2.24, 2.45) is 5.41 Å². The average Bonchev–Trinajstić information content (AvgIpc) is 2.52. The summed E-state index contributed by atoms with van der Waals surface area (Å²) in [7, 11) is 0. The standard InChI is InChI=1S/C19H21BrN2O2/c1-12-7-5-6-8-15(12)21-17(23)19(3,4)18(24)22-16-10-9-14(20)11-13(16)2/h5-11H,1-4H3,(H,21,23)(H,22,24). The van der Waals surface area contributed by atoms with Gasteiger partial charge in [0.2, 0.25) is 11.8 Å². The first-order valence-corrected chi connectivity index (χ1v) is 8.46. The Morgan fingerprint density at radius 3 is 1.96 bits per heavy atom. The van der Waals surface area contributed by atoms with E-state index < -0.39 is 5.41 Å². The van der Waals surface area contributed by atoms with E-state index >= 15 is 0 Å². The van der Waals surface area contributed by atoms with Crippen LogP contribution in [0.2, 0.25) is 0 Å². The van der Waals surface area contributed by atoms with Gasteiger partial charge in [0.05, 0.1) is 0 Å². The predicted octanol–water partition coefficient (Wildman–Crippen LogP) is 4.67. The van der Waals surface area contributed by atoms with Crippen LogP contribution in [0.4, 0.5) is 11.4 Å². The molecular formula is C19H21BrN2O2. The summed E-state index contributed by atoms with van der Waals surface area (Å²) >= 11 is 3.39. The molecule has 0 heterocycles. The molecule has 0 radical (unpaired) electrons. The third-order valence-electron chi connectivity index (χ3n) is 3.97. The molecule has 126 valence electrons. The number of anilines is 2. The van der Waals surface area contributed by atoms with Crippen LogP contribution in [0, 0.1) is 19.3 Å². The Balaban J connectivity index is 2.14. The molecule has 0 unspecified atom stereocenters. The molecule has 2 aromatic carbocycles. The van der Waals surface area contributed by atoms with E-state index in [4.69, 9.17) is 0 Å². The molecule has 0 saturated heterocycles. The minimum atomic E-state index is -1.21. The van der Waals surface area contributed by atoms with Gasteiger partial charge in [-0.25, -0.2) is 0 Å². The average molecular weight is 389 g/mol. The third-order valence-corrected chi connectivity index (χ3v) is 4.46. The summed E-state index contributed by atoms with van der Waals surface area (Å²) < 4.78 is 0.939. The molecule has 0 bridgehead atoms. The van der Waals surface area contributed by atoms with Crippen LogP contribution in [0.25, 0.3) is 0 Å². The van der Waals surface area contributed by atoms with Gasteiger partial charge in [0, 0.05) is 15.8 Å². The summed E-state index contributed by atoms with van der Waals surface area (Å²) in [5.41, 5.74) is 2.07. The predicted molar refractivity (Wildman–Crippen MR) is 101 cm³/mol. The van der Waals surface area contributed by atoms with Gasteiger partial charge >= 0.3 is 0 Å². The van der Waals surface area contributed by atoms with Crippen LogP contribution in [-0.2, 0) is 9.59 Å². The molecule has 0 spiro atoms. The second-order valence-electron chi connectivity index (χ2n) is 6.31. The van der Waals surface area contributed by atoms with Crippen molar-refractivity contribution in [2.75, 3.05) is 10.6 Å². The first kappa shape index (κ1) is 18.2. The number of carbonyl (C=O) groups excluding carboxylic acids is 2. The van der Waals surface area contributed by atoms with Crippen molar-refractivity contribution in [1.29, 1.82) is 0 Å². The molecule has 0 aliphatic rings. The first-order valence-electron chi connectivity index (χ1n) is 7.66. The molecule has 4 nitrogen and oxygen atoms in total. The number of benzene rings is 2. The highest BCUT2D eigenvalue weighted by Gasteiger charge is 2.36. The second-order valence-corrected chi connectivity index (χ2v) is 7.22. The van der Waals surface area contributed by atoms with Gasteiger partial charge in [-0.1, -0.05) is 34.1 Å². The van der Waals surface area contributed by atoms with E-state index in [1.165, 1.54) is 0 Å². The number of hydrogen-bond donors (Lipinski definition) is 2. The third kappa shape index (κ3) is 4.03. The van der Waals surface area contributed by atoms with Crippen molar-refractivity contribution >= 4 is 39.1 Å². The number of hydrogen-bond acceptors (Lipinski definition) is 2. The minimum absolute atomic E-state index is 0.343. The smallest absolute Gasteiger partial charge is 0.239 e. The molecule has 0 aliphatic carbocycles. The van der Waals surface area contributed by atoms with Crippen LogP contribution in [-0.4, -0.2) is 11.8 Å². The molecule has 5 heteroatoms. The summed E-state index contributed by atoms with van der Waals surface area (Å²) in [6.45, 7) is 7.04. The Morgan fingerprint density at radius 1 is 0.875 bits per heavy atom. The number of para-hydroxylation sites is 1. The Kier molecular flexibility index (Phi) is 5.44.